The number of carbonyl (C=O) groups excluding carboxylic acids is 2. The van der Waals surface area contributed by atoms with Crippen molar-refractivity contribution in [2.75, 3.05) is 19.6 Å². The van der Waals surface area contributed by atoms with Crippen molar-refractivity contribution < 1.29 is 19.0 Å². The first kappa shape index (κ1) is 20.5. The van der Waals surface area contributed by atoms with Crippen molar-refractivity contribution in [2.45, 2.75) is 57.8 Å². The monoisotopic (exact) mass is 412 g/mol. The van der Waals surface area contributed by atoms with Crippen molar-refractivity contribution in [3.63, 3.8) is 0 Å². The van der Waals surface area contributed by atoms with E-state index in [1.165, 1.54) is 11.3 Å². The Morgan fingerprint density at radius 2 is 1.90 bits per heavy atom. The predicted molar refractivity (Wildman–Crippen MR) is 109 cm³/mol. The molecular formula is C22H28N4O4. The summed E-state index contributed by atoms with van der Waals surface area (Å²) in [6, 6.07) is 10.1. The average molecular weight is 412 g/mol. The normalized spacial score (nSPS) is 21.0. The Balaban J connectivity index is 1.53. The maximum atomic E-state index is 13.1. The van der Waals surface area contributed by atoms with Gasteiger partial charge in [0.1, 0.15) is 12.2 Å². The summed E-state index contributed by atoms with van der Waals surface area (Å²) in [6.45, 7) is 2.95. The van der Waals surface area contributed by atoms with E-state index in [0.717, 1.165) is 31.2 Å². The molecular weight excluding hydrogens is 384 g/mol. The number of aromatic nitrogens is 2. The lowest BCUT2D eigenvalue weighted by Gasteiger charge is -2.34. The summed E-state index contributed by atoms with van der Waals surface area (Å²) >= 11 is 0. The molecule has 1 atom stereocenters. The molecule has 160 valence electrons. The number of hydrogen-bond donors (Lipinski definition) is 0. The molecule has 8 nitrogen and oxygen atoms in total. The van der Waals surface area contributed by atoms with Crippen molar-refractivity contribution in [3.8, 4) is 0 Å². The highest BCUT2D eigenvalue weighted by Crippen LogP contribution is 2.25. The molecule has 1 saturated carbocycles. The summed E-state index contributed by atoms with van der Waals surface area (Å²) in [5.74, 6) is -0.379. The van der Waals surface area contributed by atoms with Gasteiger partial charge in [-0.15, -0.1) is 0 Å². The molecule has 2 fully saturated rings. The Morgan fingerprint density at radius 1 is 1.13 bits per heavy atom. The minimum absolute atomic E-state index is 0.0207. The van der Waals surface area contributed by atoms with Crippen LogP contribution in [0.15, 0.2) is 35.0 Å². The Hall–Kier alpha value is -2.74. The molecule has 0 spiro atoms. The minimum Gasteiger partial charge on any atom is -0.370 e. The molecule has 8 heteroatoms. The third-order valence-corrected chi connectivity index (χ3v) is 5.96. The van der Waals surface area contributed by atoms with E-state index in [2.05, 4.69) is 14.9 Å². The number of rotatable bonds is 5. The number of ether oxygens (including phenoxy) is 1. The predicted octanol–water partition coefficient (Wildman–Crippen LogP) is 2.58. The molecule has 30 heavy (non-hydrogen) atoms. The van der Waals surface area contributed by atoms with Gasteiger partial charge in [0.15, 0.2) is 5.69 Å². The van der Waals surface area contributed by atoms with Gasteiger partial charge in [-0.25, -0.2) is 4.63 Å². The molecule has 0 radical (unpaired) electrons. The van der Waals surface area contributed by atoms with Crippen LogP contribution in [0.1, 0.15) is 53.8 Å². The smallest absolute Gasteiger partial charge is 0.278 e. The average Bonchev–Trinajstić information content (AvgIpc) is 3.13. The largest absolute Gasteiger partial charge is 0.370 e. The summed E-state index contributed by atoms with van der Waals surface area (Å²) in [5.41, 5.74) is 1.63. The second-order valence-corrected chi connectivity index (χ2v) is 8.14. The molecule has 1 aliphatic carbocycles. The van der Waals surface area contributed by atoms with Crippen LogP contribution in [-0.2, 0) is 16.1 Å². The molecule has 1 aromatic carbocycles. The highest BCUT2D eigenvalue weighted by atomic mass is 16.6. The number of nitrogens with zero attached hydrogens (tertiary/aromatic N) is 4. The van der Waals surface area contributed by atoms with Crippen LogP contribution >= 0.6 is 0 Å². The lowest BCUT2D eigenvalue weighted by molar-refractivity contribution is -0.134. The van der Waals surface area contributed by atoms with Crippen molar-refractivity contribution in [3.05, 3.63) is 47.3 Å². The van der Waals surface area contributed by atoms with Crippen LogP contribution in [0.4, 0.5) is 0 Å². The fraction of sp³-hybridized carbons (Fsp3) is 0.545. The van der Waals surface area contributed by atoms with Gasteiger partial charge in [-0.1, -0.05) is 54.8 Å². The number of aryl methyl sites for hydroxylation is 1. The van der Waals surface area contributed by atoms with Crippen molar-refractivity contribution >= 4 is 11.8 Å². The van der Waals surface area contributed by atoms with Gasteiger partial charge >= 0.3 is 0 Å². The van der Waals surface area contributed by atoms with Crippen LogP contribution in [0.3, 0.4) is 0 Å². The lowest BCUT2D eigenvalue weighted by Crippen LogP contribution is -2.46. The molecule has 2 heterocycles. The Morgan fingerprint density at radius 3 is 2.60 bits per heavy atom. The summed E-state index contributed by atoms with van der Waals surface area (Å²) in [4.78, 5) is 29.6. The van der Waals surface area contributed by atoms with Gasteiger partial charge in [0.25, 0.3) is 5.91 Å². The maximum Gasteiger partial charge on any atom is 0.278 e. The van der Waals surface area contributed by atoms with Crippen LogP contribution in [-0.4, -0.2) is 63.7 Å². The van der Waals surface area contributed by atoms with E-state index in [1.54, 1.807) is 6.92 Å². The van der Waals surface area contributed by atoms with Crippen molar-refractivity contribution in [1.82, 2.24) is 20.1 Å². The zero-order valence-electron chi connectivity index (χ0n) is 17.3. The van der Waals surface area contributed by atoms with Gasteiger partial charge < -0.3 is 14.5 Å². The highest BCUT2D eigenvalue weighted by Gasteiger charge is 2.36. The molecule has 0 bridgehead atoms. The van der Waals surface area contributed by atoms with Gasteiger partial charge in [0, 0.05) is 19.1 Å². The second kappa shape index (κ2) is 9.38. The fourth-order valence-corrected chi connectivity index (χ4v) is 4.31. The summed E-state index contributed by atoms with van der Waals surface area (Å²) in [7, 11) is 0. The summed E-state index contributed by atoms with van der Waals surface area (Å²) in [5, 5.41) is 7.43. The topological polar surface area (TPSA) is 88.8 Å². The number of benzene rings is 1. The Labute approximate surface area is 176 Å². The van der Waals surface area contributed by atoms with Crippen LogP contribution in [0.25, 0.3) is 0 Å². The first-order valence-corrected chi connectivity index (χ1v) is 10.6. The van der Waals surface area contributed by atoms with Crippen molar-refractivity contribution in [1.29, 1.82) is 0 Å². The third-order valence-electron chi connectivity index (χ3n) is 5.96. The Bertz CT molecular complexity index is 863. The first-order chi connectivity index (χ1) is 14.6. The van der Waals surface area contributed by atoms with Crippen LogP contribution < -0.4 is 0 Å². The molecule has 1 aliphatic heterocycles. The summed E-state index contributed by atoms with van der Waals surface area (Å²) in [6.07, 6.45) is 5.24. The van der Waals surface area contributed by atoms with E-state index < -0.39 is 0 Å². The van der Waals surface area contributed by atoms with E-state index in [0.29, 0.717) is 25.4 Å². The first-order valence-electron chi connectivity index (χ1n) is 10.6. The van der Waals surface area contributed by atoms with Gasteiger partial charge in [-0.2, -0.15) is 0 Å². The molecule has 0 unspecified atom stereocenters. The molecule has 2 amide bonds. The van der Waals surface area contributed by atoms with Gasteiger partial charge in [0.05, 0.1) is 12.7 Å². The number of amides is 2. The van der Waals surface area contributed by atoms with E-state index >= 15 is 0 Å². The zero-order chi connectivity index (χ0) is 20.9. The van der Waals surface area contributed by atoms with Gasteiger partial charge in [-0.05, 0) is 30.5 Å². The minimum atomic E-state index is -0.346. The van der Waals surface area contributed by atoms with Crippen LogP contribution in [0, 0.1) is 6.92 Å². The molecule has 1 aromatic heterocycles. The molecule has 2 aliphatic rings. The third kappa shape index (κ3) is 4.70. The van der Waals surface area contributed by atoms with Gasteiger partial charge in [0.2, 0.25) is 5.91 Å². The summed E-state index contributed by atoms with van der Waals surface area (Å²) < 4.78 is 10.9. The maximum absolute atomic E-state index is 13.1. The van der Waals surface area contributed by atoms with E-state index in [-0.39, 0.29) is 36.2 Å². The van der Waals surface area contributed by atoms with Crippen molar-refractivity contribution in [2.24, 2.45) is 0 Å². The number of hydrogen-bond acceptors (Lipinski definition) is 6. The van der Waals surface area contributed by atoms with E-state index in [1.807, 2.05) is 35.2 Å². The number of carbonyl (C=O) groups is 2. The van der Waals surface area contributed by atoms with Crippen LogP contribution in [0.2, 0.25) is 0 Å². The highest BCUT2D eigenvalue weighted by molar-refractivity contribution is 5.95. The molecule has 0 N–H and O–H groups in total. The molecule has 2 aromatic rings. The molecule has 1 saturated heterocycles. The van der Waals surface area contributed by atoms with Gasteiger partial charge in [-0.3, -0.25) is 9.59 Å². The quantitative estimate of drug-likeness (QED) is 0.750. The fourth-order valence-electron chi connectivity index (χ4n) is 4.31. The lowest BCUT2D eigenvalue weighted by atomic mass is 9.94. The zero-order valence-corrected chi connectivity index (χ0v) is 17.3. The Kier molecular flexibility index (Phi) is 6.42. The van der Waals surface area contributed by atoms with E-state index in [4.69, 9.17) is 4.74 Å². The van der Waals surface area contributed by atoms with Crippen LogP contribution in [0.5, 0.6) is 0 Å². The standard InChI is InChI=1S/C22H28N4O4/c1-16-21(24-30-23-16)22(28)25-12-19(29-15-17-8-4-2-5-9-17)13-26(20(27)14-25)18-10-6-3-7-11-18/h2,4-5,8-9,18-19H,3,6-7,10-15H2,1H3/t19-/m1/s1. The molecule has 4 rings (SSSR count). The van der Waals surface area contributed by atoms with E-state index in [9.17, 15) is 9.59 Å². The SMILES string of the molecule is Cc1nonc1C(=O)N1CC(=O)N(C2CCCCC2)C[C@H](OCc2ccccc2)C1. The second-order valence-electron chi connectivity index (χ2n) is 8.14.